The van der Waals surface area contributed by atoms with E-state index in [1.165, 1.54) is 59.3 Å². The lowest BCUT2D eigenvalue weighted by atomic mass is 9.84. The summed E-state index contributed by atoms with van der Waals surface area (Å²) in [4.78, 5) is 26.6. The van der Waals surface area contributed by atoms with Crippen molar-refractivity contribution in [2.75, 3.05) is 13.1 Å². The fraction of sp³-hybridized carbons (Fsp3) is 0.360. The summed E-state index contributed by atoms with van der Waals surface area (Å²) in [6, 6.07) is 7.06. The van der Waals surface area contributed by atoms with E-state index < -0.39 is 28.1 Å². The highest BCUT2D eigenvalue weighted by molar-refractivity contribution is 8.15. The molecule has 2 fully saturated rings. The maximum absolute atomic E-state index is 15.1. The van der Waals surface area contributed by atoms with Crippen LogP contribution in [-0.2, 0) is 10.3 Å². The van der Waals surface area contributed by atoms with Gasteiger partial charge in [0, 0.05) is 24.2 Å². The lowest BCUT2D eigenvalue weighted by Gasteiger charge is -2.35. The number of thioether (sulfide) groups is 1. The SMILES string of the molecule is [C-]#[N+]c1ccc(/C(F)=C/c2ccc(F)c([C@@]3(C)N=C(N)S[C@@]4(C(=O)N5CC[C@H](F)C5)C[C@H]43)c2)nc1. The van der Waals surface area contributed by atoms with E-state index in [1.54, 1.807) is 6.92 Å². The van der Waals surface area contributed by atoms with Crippen LogP contribution in [0, 0.1) is 18.3 Å². The van der Waals surface area contributed by atoms with E-state index in [9.17, 15) is 13.6 Å². The van der Waals surface area contributed by atoms with E-state index in [1.807, 2.05) is 0 Å². The minimum atomic E-state index is -1.14. The van der Waals surface area contributed by atoms with Crippen molar-refractivity contribution in [1.29, 1.82) is 0 Å². The first-order chi connectivity index (χ1) is 16.7. The topological polar surface area (TPSA) is 75.9 Å². The van der Waals surface area contributed by atoms with Crippen molar-refractivity contribution < 1.29 is 18.0 Å². The van der Waals surface area contributed by atoms with Crippen LogP contribution in [0.1, 0.15) is 36.6 Å². The van der Waals surface area contributed by atoms with E-state index in [2.05, 4.69) is 14.8 Å². The Morgan fingerprint density at radius 1 is 1.37 bits per heavy atom. The third-order valence-electron chi connectivity index (χ3n) is 6.95. The average Bonchev–Trinajstić information content (AvgIpc) is 3.44. The van der Waals surface area contributed by atoms with E-state index in [4.69, 9.17) is 12.3 Å². The molecule has 1 amide bonds. The van der Waals surface area contributed by atoms with Crippen LogP contribution < -0.4 is 5.73 Å². The normalized spacial score (nSPS) is 29.9. The van der Waals surface area contributed by atoms with Gasteiger partial charge in [-0.25, -0.2) is 18.0 Å². The van der Waals surface area contributed by atoms with Gasteiger partial charge in [0.1, 0.15) is 22.6 Å². The van der Waals surface area contributed by atoms with E-state index in [0.29, 0.717) is 30.6 Å². The van der Waals surface area contributed by atoms with Gasteiger partial charge in [-0.1, -0.05) is 23.9 Å². The summed E-state index contributed by atoms with van der Waals surface area (Å²) in [7, 11) is 0. The number of nitrogens with two attached hydrogens (primary N) is 1. The molecular formula is C25H22F3N5OS. The highest BCUT2D eigenvalue weighted by Crippen LogP contribution is 2.66. The van der Waals surface area contributed by atoms with Gasteiger partial charge in [0.25, 0.3) is 0 Å². The zero-order valence-electron chi connectivity index (χ0n) is 18.8. The molecule has 35 heavy (non-hydrogen) atoms. The second-order valence-electron chi connectivity index (χ2n) is 9.23. The third kappa shape index (κ3) is 3.97. The molecule has 1 saturated carbocycles. The van der Waals surface area contributed by atoms with Crippen LogP contribution in [-0.4, -0.2) is 45.0 Å². The molecule has 180 valence electrons. The van der Waals surface area contributed by atoms with Crippen molar-refractivity contribution in [3.63, 3.8) is 0 Å². The number of fused-ring (bicyclic) bond motifs is 1. The Hall–Kier alpha value is -3.32. The molecule has 3 aliphatic rings. The zero-order valence-corrected chi connectivity index (χ0v) is 19.7. The fourth-order valence-corrected chi connectivity index (χ4v) is 6.50. The van der Waals surface area contributed by atoms with Gasteiger partial charge in [0.2, 0.25) is 11.6 Å². The highest BCUT2D eigenvalue weighted by atomic mass is 32.2. The summed E-state index contributed by atoms with van der Waals surface area (Å²) in [6.45, 7) is 9.11. The summed E-state index contributed by atoms with van der Waals surface area (Å²) in [5, 5.41) is 0.168. The zero-order chi connectivity index (χ0) is 25.0. The molecule has 1 aromatic carbocycles. The number of carbonyl (C=O) groups is 1. The Labute approximate surface area is 204 Å². The number of halogens is 3. The predicted molar refractivity (Wildman–Crippen MR) is 129 cm³/mol. The lowest BCUT2D eigenvalue weighted by molar-refractivity contribution is -0.131. The molecule has 2 aliphatic heterocycles. The summed E-state index contributed by atoms with van der Waals surface area (Å²) in [5.41, 5.74) is 5.93. The van der Waals surface area contributed by atoms with Gasteiger partial charge < -0.3 is 10.6 Å². The number of aliphatic imine (C=N–C) groups is 1. The molecule has 3 heterocycles. The molecule has 1 aliphatic carbocycles. The molecular weight excluding hydrogens is 475 g/mol. The molecule has 2 aromatic rings. The minimum absolute atomic E-state index is 0.0504. The number of amidine groups is 1. The Bertz CT molecular complexity index is 1310. The first-order valence-electron chi connectivity index (χ1n) is 11.1. The van der Waals surface area contributed by atoms with E-state index >= 15 is 4.39 Å². The minimum Gasteiger partial charge on any atom is -0.378 e. The molecule has 2 N–H and O–H groups in total. The lowest BCUT2D eigenvalue weighted by Crippen LogP contribution is -2.45. The second kappa shape index (κ2) is 8.41. The number of carbonyl (C=O) groups excluding carboxylic acids is 1. The van der Waals surface area contributed by atoms with Gasteiger partial charge in [-0.2, -0.15) is 0 Å². The Morgan fingerprint density at radius 3 is 2.83 bits per heavy atom. The van der Waals surface area contributed by atoms with Crippen LogP contribution in [0.5, 0.6) is 0 Å². The molecule has 1 aromatic heterocycles. The molecule has 6 nitrogen and oxygen atoms in total. The first kappa shape index (κ1) is 23.4. The monoisotopic (exact) mass is 497 g/mol. The maximum atomic E-state index is 15.1. The van der Waals surface area contributed by atoms with Gasteiger partial charge in [-0.15, -0.1) is 0 Å². The molecule has 4 atom stereocenters. The Balaban J connectivity index is 1.47. The van der Waals surface area contributed by atoms with Crippen molar-refractivity contribution in [2.45, 2.75) is 36.2 Å². The largest absolute Gasteiger partial charge is 0.378 e. The standard InChI is InChI=1S/C25H22F3N5OS/c1-24(21-11-25(21,35-23(29)32-24)22(34)33-8-7-15(26)13-33)17-9-14(3-5-18(17)27)10-19(28)20-6-4-16(30-2)12-31-20/h3-6,9-10,12,15,21H,7-8,11,13H2,1H3,(H2,29,32)/b19-10-/t15-,21-,24+,25-/m0/s1. The quantitative estimate of drug-likeness (QED) is 0.613. The molecule has 0 radical (unpaired) electrons. The summed E-state index contributed by atoms with van der Waals surface area (Å²) < 4.78 is 42.8. The molecule has 5 rings (SSSR count). The smallest absolute Gasteiger partial charge is 0.239 e. The van der Waals surface area contributed by atoms with E-state index in [-0.39, 0.29) is 34.8 Å². The third-order valence-corrected chi connectivity index (χ3v) is 8.24. The van der Waals surface area contributed by atoms with Crippen molar-refractivity contribution >= 4 is 40.4 Å². The molecule has 10 heteroatoms. The summed E-state index contributed by atoms with van der Waals surface area (Å²) in [5.74, 6) is -1.70. The fourth-order valence-electron chi connectivity index (χ4n) is 5.06. The average molecular weight is 498 g/mol. The van der Waals surface area contributed by atoms with Crippen molar-refractivity contribution in [1.82, 2.24) is 9.88 Å². The molecule has 1 saturated heterocycles. The van der Waals surface area contributed by atoms with Crippen LogP contribution in [0.15, 0.2) is 41.5 Å². The van der Waals surface area contributed by atoms with Crippen LogP contribution in [0.4, 0.5) is 18.9 Å². The van der Waals surface area contributed by atoms with Crippen molar-refractivity contribution in [3.8, 4) is 0 Å². The summed E-state index contributed by atoms with van der Waals surface area (Å²) in [6.07, 6.45) is 2.21. The number of pyridine rings is 1. The predicted octanol–water partition coefficient (Wildman–Crippen LogP) is 4.84. The van der Waals surface area contributed by atoms with Crippen molar-refractivity contribution in [3.05, 3.63) is 70.6 Å². The number of benzene rings is 1. The van der Waals surface area contributed by atoms with Gasteiger partial charge in [0.15, 0.2) is 5.17 Å². The number of nitrogens with zero attached hydrogens (tertiary/aromatic N) is 4. The maximum Gasteiger partial charge on any atom is 0.239 e. The van der Waals surface area contributed by atoms with E-state index in [0.717, 1.165) is 0 Å². The second-order valence-corrected chi connectivity index (χ2v) is 10.6. The number of hydrogen-bond donors (Lipinski definition) is 1. The van der Waals surface area contributed by atoms with Gasteiger partial charge in [-0.3, -0.25) is 14.8 Å². The van der Waals surface area contributed by atoms with Crippen molar-refractivity contribution in [2.24, 2.45) is 16.6 Å². The van der Waals surface area contributed by atoms with Crippen LogP contribution in [0.3, 0.4) is 0 Å². The highest BCUT2D eigenvalue weighted by Gasteiger charge is 2.71. The number of hydrogen-bond acceptors (Lipinski definition) is 5. The Kier molecular flexibility index (Phi) is 5.63. The first-order valence-corrected chi connectivity index (χ1v) is 12.0. The molecule has 0 bridgehead atoms. The molecule has 0 unspecified atom stereocenters. The Morgan fingerprint density at radius 2 is 2.17 bits per heavy atom. The van der Waals surface area contributed by atoms with Crippen LogP contribution in [0.25, 0.3) is 16.7 Å². The van der Waals surface area contributed by atoms with Gasteiger partial charge >= 0.3 is 0 Å². The molecule has 0 spiro atoms. The number of aromatic nitrogens is 1. The van der Waals surface area contributed by atoms with Crippen LogP contribution >= 0.6 is 11.8 Å². The summed E-state index contributed by atoms with van der Waals surface area (Å²) >= 11 is 1.17. The van der Waals surface area contributed by atoms with Gasteiger partial charge in [-0.05, 0) is 49.6 Å². The number of rotatable bonds is 4. The van der Waals surface area contributed by atoms with Gasteiger partial charge in [0.05, 0.1) is 24.3 Å². The number of likely N-dealkylation sites (tertiary alicyclic amines) is 1. The number of alkyl halides is 1. The van der Waals surface area contributed by atoms with Crippen LogP contribution in [0.2, 0.25) is 0 Å². The number of amides is 1.